The highest BCUT2D eigenvalue weighted by atomic mass is 14.9. The average molecular weight is 229 g/mol. The van der Waals surface area contributed by atoms with Gasteiger partial charge in [-0.1, -0.05) is 38.1 Å². The molecule has 0 aromatic heterocycles. The lowest BCUT2D eigenvalue weighted by Gasteiger charge is -2.20. The predicted molar refractivity (Wildman–Crippen MR) is 72.2 cm³/mol. The molecule has 1 saturated carbocycles. The van der Waals surface area contributed by atoms with Gasteiger partial charge in [-0.15, -0.1) is 0 Å². The molecule has 0 bridgehead atoms. The van der Waals surface area contributed by atoms with Gasteiger partial charge < -0.3 is 5.32 Å². The van der Waals surface area contributed by atoms with E-state index in [1.54, 1.807) is 11.1 Å². The zero-order valence-corrected chi connectivity index (χ0v) is 11.1. The van der Waals surface area contributed by atoms with E-state index >= 15 is 0 Å². The van der Waals surface area contributed by atoms with Gasteiger partial charge in [-0.3, -0.25) is 0 Å². The third-order valence-electron chi connectivity index (χ3n) is 4.86. The lowest BCUT2D eigenvalue weighted by Crippen LogP contribution is -2.33. The normalized spacial score (nSPS) is 31.9. The number of benzene rings is 1. The Morgan fingerprint density at radius 2 is 2.00 bits per heavy atom. The van der Waals surface area contributed by atoms with Gasteiger partial charge in [-0.25, -0.2) is 0 Å². The van der Waals surface area contributed by atoms with Crippen molar-refractivity contribution in [1.29, 1.82) is 0 Å². The smallest absolute Gasteiger partial charge is 0.0124 e. The number of rotatable bonds is 3. The molecule has 2 aliphatic carbocycles. The largest absolute Gasteiger partial charge is 0.316 e. The van der Waals surface area contributed by atoms with Gasteiger partial charge in [-0.2, -0.15) is 0 Å². The molecule has 4 atom stereocenters. The van der Waals surface area contributed by atoms with Crippen LogP contribution in [0, 0.1) is 17.8 Å². The molecule has 0 amide bonds. The van der Waals surface area contributed by atoms with Gasteiger partial charge in [-0.05, 0) is 54.7 Å². The molecular formula is C16H23N. The number of fused-ring (bicyclic) bond motifs is 3. The van der Waals surface area contributed by atoms with E-state index in [0.717, 1.165) is 23.7 Å². The molecule has 1 nitrogen and oxygen atoms in total. The minimum atomic E-state index is 0.691. The molecule has 3 rings (SSSR count). The fourth-order valence-electron chi connectivity index (χ4n) is 4.08. The van der Waals surface area contributed by atoms with Crippen molar-refractivity contribution in [3.05, 3.63) is 35.4 Å². The summed E-state index contributed by atoms with van der Waals surface area (Å²) in [6.07, 6.45) is 2.69. The highest BCUT2D eigenvalue weighted by Crippen LogP contribution is 2.61. The van der Waals surface area contributed by atoms with Crippen molar-refractivity contribution in [1.82, 2.24) is 5.32 Å². The summed E-state index contributed by atoms with van der Waals surface area (Å²) < 4.78 is 0. The topological polar surface area (TPSA) is 12.0 Å². The molecule has 0 saturated heterocycles. The van der Waals surface area contributed by atoms with Gasteiger partial charge in [0.15, 0.2) is 0 Å². The van der Waals surface area contributed by atoms with E-state index < -0.39 is 0 Å². The summed E-state index contributed by atoms with van der Waals surface area (Å²) in [5.74, 6) is 3.41. The van der Waals surface area contributed by atoms with Crippen LogP contribution in [0.15, 0.2) is 24.3 Å². The number of nitrogens with one attached hydrogen (secondary N) is 1. The van der Waals surface area contributed by atoms with Crippen molar-refractivity contribution in [3.63, 3.8) is 0 Å². The van der Waals surface area contributed by atoms with E-state index in [0.29, 0.717) is 6.04 Å². The molecular weight excluding hydrogens is 206 g/mol. The Labute approximate surface area is 105 Å². The first-order chi connectivity index (χ1) is 8.24. The van der Waals surface area contributed by atoms with E-state index in [1.165, 1.54) is 12.8 Å². The monoisotopic (exact) mass is 229 g/mol. The third-order valence-corrected chi connectivity index (χ3v) is 4.86. The van der Waals surface area contributed by atoms with Crippen LogP contribution in [-0.2, 0) is 6.42 Å². The van der Waals surface area contributed by atoms with E-state index in [4.69, 9.17) is 0 Å². The van der Waals surface area contributed by atoms with E-state index in [-0.39, 0.29) is 0 Å². The second-order valence-corrected chi connectivity index (χ2v) is 6.06. The zero-order chi connectivity index (χ0) is 12.0. The first kappa shape index (κ1) is 11.3. The highest BCUT2D eigenvalue weighted by Gasteiger charge is 2.56. The lowest BCUT2D eigenvalue weighted by atomic mass is 9.92. The van der Waals surface area contributed by atoms with Crippen LogP contribution in [0.4, 0.5) is 0 Å². The fraction of sp³-hybridized carbons (Fsp3) is 0.625. The van der Waals surface area contributed by atoms with E-state index in [1.807, 2.05) is 0 Å². The van der Waals surface area contributed by atoms with Crippen molar-refractivity contribution < 1.29 is 0 Å². The van der Waals surface area contributed by atoms with Crippen molar-refractivity contribution >= 4 is 0 Å². The average Bonchev–Trinajstić information content (AvgIpc) is 3.05. The summed E-state index contributed by atoms with van der Waals surface area (Å²) in [5, 5.41) is 3.55. The Kier molecular flexibility index (Phi) is 2.74. The summed E-state index contributed by atoms with van der Waals surface area (Å²) in [6.45, 7) is 4.69. The SMILES string of the molecule is CNC(C(C)C)C1C2CCc3ccccc3C21. The minimum Gasteiger partial charge on any atom is -0.316 e. The van der Waals surface area contributed by atoms with E-state index in [9.17, 15) is 0 Å². The molecule has 0 heterocycles. The van der Waals surface area contributed by atoms with Crippen LogP contribution in [0.2, 0.25) is 0 Å². The molecule has 1 fully saturated rings. The standard InChI is InChI=1S/C16H23N/c1-10(2)16(17-3)15-13-9-8-11-6-4-5-7-12(11)14(13)15/h4-7,10,13-17H,8-9H2,1-3H3. The predicted octanol–water partition coefficient (Wildman–Crippen LogP) is 3.21. The third kappa shape index (κ3) is 1.72. The quantitative estimate of drug-likeness (QED) is 0.839. The van der Waals surface area contributed by atoms with Crippen LogP contribution in [0.25, 0.3) is 0 Å². The van der Waals surface area contributed by atoms with Gasteiger partial charge in [0.1, 0.15) is 0 Å². The molecule has 92 valence electrons. The molecule has 0 spiro atoms. The van der Waals surface area contributed by atoms with Gasteiger partial charge in [0.05, 0.1) is 0 Å². The van der Waals surface area contributed by atoms with Gasteiger partial charge >= 0.3 is 0 Å². The second-order valence-electron chi connectivity index (χ2n) is 6.06. The Morgan fingerprint density at radius 3 is 2.71 bits per heavy atom. The van der Waals surface area contributed by atoms with Crippen molar-refractivity contribution in [3.8, 4) is 0 Å². The first-order valence-electron chi connectivity index (χ1n) is 6.99. The van der Waals surface area contributed by atoms with Gasteiger partial charge in [0.2, 0.25) is 0 Å². The Hall–Kier alpha value is -0.820. The molecule has 1 N–H and O–H groups in total. The number of hydrogen-bond acceptors (Lipinski definition) is 1. The van der Waals surface area contributed by atoms with Crippen molar-refractivity contribution in [2.75, 3.05) is 7.05 Å². The summed E-state index contributed by atoms with van der Waals surface area (Å²) in [5.41, 5.74) is 3.25. The maximum atomic E-state index is 3.55. The summed E-state index contributed by atoms with van der Waals surface area (Å²) in [6, 6.07) is 9.77. The van der Waals surface area contributed by atoms with Crippen LogP contribution in [0.1, 0.15) is 37.3 Å². The molecule has 4 unspecified atom stereocenters. The van der Waals surface area contributed by atoms with Crippen LogP contribution < -0.4 is 5.32 Å². The van der Waals surface area contributed by atoms with Crippen LogP contribution in [-0.4, -0.2) is 13.1 Å². The maximum Gasteiger partial charge on any atom is 0.0124 e. The Morgan fingerprint density at radius 1 is 1.24 bits per heavy atom. The Bertz CT molecular complexity index is 410. The molecule has 1 aromatic carbocycles. The number of aryl methyl sites for hydroxylation is 1. The zero-order valence-electron chi connectivity index (χ0n) is 11.1. The molecule has 2 aliphatic rings. The summed E-state index contributed by atoms with van der Waals surface area (Å²) in [7, 11) is 2.13. The summed E-state index contributed by atoms with van der Waals surface area (Å²) >= 11 is 0. The van der Waals surface area contributed by atoms with Crippen molar-refractivity contribution in [2.45, 2.75) is 38.6 Å². The van der Waals surface area contributed by atoms with Gasteiger partial charge in [0.25, 0.3) is 0 Å². The van der Waals surface area contributed by atoms with Crippen LogP contribution >= 0.6 is 0 Å². The molecule has 1 heteroatoms. The molecule has 0 radical (unpaired) electrons. The highest BCUT2D eigenvalue weighted by molar-refractivity contribution is 5.40. The first-order valence-corrected chi connectivity index (χ1v) is 6.99. The van der Waals surface area contributed by atoms with Crippen LogP contribution in [0.5, 0.6) is 0 Å². The maximum absolute atomic E-state index is 3.55. The molecule has 1 aromatic rings. The summed E-state index contributed by atoms with van der Waals surface area (Å²) in [4.78, 5) is 0. The van der Waals surface area contributed by atoms with Gasteiger partial charge in [0, 0.05) is 6.04 Å². The lowest BCUT2D eigenvalue weighted by molar-refractivity contribution is 0.364. The second kappa shape index (κ2) is 4.13. The van der Waals surface area contributed by atoms with E-state index in [2.05, 4.69) is 50.5 Å². The minimum absolute atomic E-state index is 0.691. The van der Waals surface area contributed by atoms with Crippen LogP contribution in [0.3, 0.4) is 0 Å². The number of hydrogen-bond donors (Lipinski definition) is 1. The molecule has 0 aliphatic heterocycles. The van der Waals surface area contributed by atoms with Crippen molar-refractivity contribution in [2.24, 2.45) is 17.8 Å². The Balaban J connectivity index is 1.87. The fourth-order valence-corrected chi connectivity index (χ4v) is 4.08. The molecule has 17 heavy (non-hydrogen) atoms.